The zero-order valence-corrected chi connectivity index (χ0v) is 14.3. The zero-order valence-electron chi connectivity index (χ0n) is 12.7. The molecule has 1 aliphatic carbocycles. The lowest BCUT2D eigenvalue weighted by Crippen LogP contribution is -2.03. The van der Waals surface area contributed by atoms with Gasteiger partial charge in [0.15, 0.2) is 0 Å². The van der Waals surface area contributed by atoms with Crippen molar-refractivity contribution in [1.82, 2.24) is 0 Å². The number of hydrogen-bond acceptors (Lipinski definition) is 3. The monoisotopic (exact) mass is 338 g/mol. The maximum atomic E-state index is 4.88. The van der Waals surface area contributed by atoms with Crippen LogP contribution in [-0.4, -0.2) is 32.1 Å². The topological polar surface area (TPSA) is 27.7 Å². The number of ether oxygens (including phenoxy) is 3. The molecule has 0 amide bonds. The van der Waals surface area contributed by atoms with Gasteiger partial charge in [0.25, 0.3) is 0 Å². The van der Waals surface area contributed by atoms with Crippen molar-refractivity contribution >= 4 is 15.9 Å². The first kappa shape index (κ1) is 19.4. The summed E-state index contributed by atoms with van der Waals surface area (Å²) in [7, 11) is 0. The van der Waals surface area contributed by atoms with Crippen LogP contribution in [0.1, 0.15) is 58.8 Å². The van der Waals surface area contributed by atoms with Crippen LogP contribution in [0.3, 0.4) is 0 Å². The van der Waals surface area contributed by atoms with E-state index in [1.54, 1.807) is 0 Å². The van der Waals surface area contributed by atoms with Crippen molar-refractivity contribution in [3.05, 3.63) is 0 Å². The molecule has 1 rings (SSSR count). The lowest BCUT2D eigenvalue weighted by Gasteiger charge is -2.02. The van der Waals surface area contributed by atoms with Gasteiger partial charge in [-0.05, 0) is 26.2 Å². The minimum Gasteiger partial charge on any atom is -0.356 e. The third-order valence-corrected chi connectivity index (χ3v) is 3.50. The molecule has 0 heterocycles. The normalized spacial score (nSPS) is 14.1. The summed E-state index contributed by atoms with van der Waals surface area (Å²) < 4.78 is 14.6. The molecule has 4 heteroatoms. The maximum Gasteiger partial charge on any atom is 0.149 e. The molecular weight excluding hydrogens is 308 g/mol. The first-order valence-corrected chi connectivity index (χ1v) is 8.76. The fourth-order valence-electron chi connectivity index (χ4n) is 1.61. The van der Waals surface area contributed by atoms with Gasteiger partial charge >= 0.3 is 0 Å². The molecule has 0 saturated heterocycles. The summed E-state index contributed by atoms with van der Waals surface area (Å²) in [4.78, 5) is 0. The highest BCUT2D eigenvalue weighted by molar-refractivity contribution is 9.09. The summed E-state index contributed by atoms with van der Waals surface area (Å²) in [6.07, 6.45) is 10.3. The van der Waals surface area contributed by atoms with Crippen LogP contribution in [0, 0.1) is 5.92 Å². The summed E-state index contributed by atoms with van der Waals surface area (Å²) in [5.74, 6) is 1.14. The third-order valence-electron chi connectivity index (χ3n) is 2.93. The predicted octanol–water partition coefficient (Wildman–Crippen LogP) is 4.73. The van der Waals surface area contributed by atoms with Gasteiger partial charge in [-0.2, -0.15) is 0 Å². The van der Waals surface area contributed by atoms with Gasteiger partial charge in [0.1, 0.15) is 13.6 Å². The highest BCUT2D eigenvalue weighted by Gasteiger charge is 2.19. The Morgan fingerprint density at radius 2 is 1.42 bits per heavy atom. The minimum absolute atomic E-state index is 0.330. The van der Waals surface area contributed by atoms with Gasteiger partial charge in [-0.15, -0.1) is 0 Å². The van der Waals surface area contributed by atoms with Crippen LogP contribution >= 0.6 is 15.9 Å². The van der Waals surface area contributed by atoms with Crippen molar-refractivity contribution in [2.45, 2.75) is 58.8 Å². The van der Waals surface area contributed by atoms with E-state index in [9.17, 15) is 0 Å². The van der Waals surface area contributed by atoms with Gasteiger partial charge in [-0.25, -0.2) is 0 Å². The minimum atomic E-state index is 0.330. The van der Waals surface area contributed by atoms with Crippen LogP contribution < -0.4 is 0 Å². The lowest BCUT2D eigenvalue weighted by atomic mass is 10.1. The molecule has 0 aromatic carbocycles. The van der Waals surface area contributed by atoms with Crippen LogP contribution in [0.5, 0.6) is 0 Å². The number of alkyl halides is 1. The largest absolute Gasteiger partial charge is 0.356 e. The molecule has 19 heavy (non-hydrogen) atoms. The van der Waals surface area contributed by atoms with Crippen molar-refractivity contribution in [3.8, 4) is 0 Å². The Balaban J connectivity index is 0.000000344. The molecule has 0 spiro atoms. The first-order chi connectivity index (χ1) is 9.35. The second-order valence-electron chi connectivity index (χ2n) is 4.76. The van der Waals surface area contributed by atoms with Crippen LogP contribution in [-0.2, 0) is 14.2 Å². The van der Waals surface area contributed by atoms with E-state index in [0.717, 1.165) is 5.92 Å². The second kappa shape index (κ2) is 16.4. The summed E-state index contributed by atoms with van der Waals surface area (Å²) in [5.41, 5.74) is 0. The molecule has 0 bridgehead atoms. The first-order valence-electron chi connectivity index (χ1n) is 7.64. The smallest absolute Gasteiger partial charge is 0.149 e. The van der Waals surface area contributed by atoms with Gasteiger partial charge in [-0.1, -0.05) is 54.5 Å². The highest BCUT2D eigenvalue weighted by atomic mass is 79.9. The molecule has 0 radical (unpaired) electrons. The van der Waals surface area contributed by atoms with Crippen molar-refractivity contribution < 1.29 is 14.2 Å². The van der Waals surface area contributed by atoms with E-state index in [-0.39, 0.29) is 0 Å². The van der Waals surface area contributed by atoms with Crippen molar-refractivity contribution in [2.75, 3.05) is 32.1 Å². The lowest BCUT2D eigenvalue weighted by molar-refractivity contribution is -0.126. The molecular formula is C15H31BrO3. The number of rotatable bonds is 12. The number of halogens is 1. The van der Waals surface area contributed by atoms with Gasteiger partial charge in [0.05, 0.1) is 0 Å². The SMILES string of the molecule is BrCCCCCCC1CC1.CCOCOCOCC. The molecule has 0 unspecified atom stereocenters. The van der Waals surface area contributed by atoms with Crippen molar-refractivity contribution in [2.24, 2.45) is 5.92 Å². The molecule has 0 N–H and O–H groups in total. The molecule has 0 aromatic rings. The number of unbranched alkanes of at least 4 members (excludes halogenated alkanes) is 3. The fourth-order valence-corrected chi connectivity index (χ4v) is 2.00. The molecule has 116 valence electrons. The van der Waals surface area contributed by atoms with E-state index >= 15 is 0 Å². The standard InChI is InChI=1S/C9H17Br.C6H14O3/c10-8-4-2-1-3-5-9-6-7-9;1-3-7-5-9-6-8-4-2/h9H,1-8H2;3-6H2,1-2H3. The van der Waals surface area contributed by atoms with Crippen molar-refractivity contribution in [3.63, 3.8) is 0 Å². The van der Waals surface area contributed by atoms with E-state index in [1.165, 1.54) is 50.3 Å². The Hall–Kier alpha value is 0.360. The molecule has 0 aromatic heterocycles. The van der Waals surface area contributed by atoms with Crippen LogP contribution in [0.15, 0.2) is 0 Å². The Morgan fingerprint density at radius 1 is 0.842 bits per heavy atom. The summed E-state index contributed by atoms with van der Waals surface area (Å²) in [6, 6.07) is 0. The average Bonchev–Trinajstić information content (AvgIpc) is 3.23. The van der Waals surface area contributed by atoms with E-state index in [2.05, 4.69) is 15.9 Å². The summed E-state index contributed by atoms with van der Waals surface area (Å²) in [5, 5.41) is 1.19. The Labute approximate surface area is 127 Å². The Kier molecular flexibility index (Phi) is 16.7. The van der Waals surface area contributed by atoms with E-state index in [1.807, 2.05) is 13.8 Å². The predicted molar refractivity (Wildman–Crippen MR) is 83.7 cm³/mol. The molecule has 1 saturated carbocycles. The maximum absolute atomic E-state index is 4.88. The quantitative estimate of drug-likeness (QED) is 0.292. The van der Waals surface area contributed by atoms with Crippen molar-refractivity contribution in [1.29, 1.82) is 0 Å². The van der Waals surface area contributed by atoms with Crippen LogP contribution in [0.2, 0.25) is 0 Å². The van der Waals surface area contributed by atoms with E-state index in [0.29, 0.717) is 26.8 Å². The number of hydrogen-bond donors (Lipinski definition) is 0. The third kappa shape index (κ3) is 18.4. The molecule has 0 aliphatic heterocycles. The molecule has 3 nitrogen and oxygen atoms in total. The molecule has 0 atom stereocenters. The second-order valence-corrected chi connectivity index (χ2v) is 5.55. The highest BCUT2D eigenvalue weighted by Crippen LogP contribution is 2.34. The van der Waals surface area contributed by atoms with Gasteiger partial charge in [0.2, 0.25) is 0 Å². The van der Waals surface area contributed by atoms with Gasteiger partial charge in [0, 0.05) is 18.5 Å². The molecule has 1 fully saturated rings. The summed E-state index contributed by atoms with van der Waals surface area (Å²) >= 11 is 3.44. The van der Waals surface area contributed by atoms with E-state index < -0.39 is 0 Å². The Bertz CT molecular complexity index is 157. The van der Waals surface area contributed by atoms with Crippen LogP contribution in [0.25, 0.3) is 0 Å². The zero-order chi connectivity index (χ0) is 14.2. The van der Waals surface area contributed by atoms with Crippen LogP contribution in [0.4, 0.5) is 0 Å². The molecule has 1 aliphatic rings. The van der Waals surface area contributed by atoms with Gasteiger partial charge in [-0.3, -0.25) is 0 Å². The fraction of sp³-hybridized carbons (Fsp3) is 1.00. The van der Waals surface area contributed by atoms with E-state index in [4.69, 9.17) is 14.2 Å². The Morgan fingerprint density at radius 3 is 1.89 bits per heavy atom. The average molecular weight is 339 g/mol. The van der Waals surface area contributed by atoms with Gasteiger partial charge < -0.3 is 14.2 Å². The summed E-state index contributed by atoms with van der Waals surface area (Å²) in [6.45, 7) is 5.87.